The molecule has 0 spiro atoms. The number of hydrogen-bond acceptors (Lipinski definition) is 0. The molecule has 1 heteroatoms. The van der Waals surface area contributed by atoms with Crippen LogP contribution < -0.4 is 0 Å². The molecule has 0 radical (unpaired) electrons. The van der Waals surface area contributed by atoms with Crippen molar-refractivity contribution in [2.24, 2.45) is 0 Å². The molecule has 0 aliphatic rings. The molecule has 162 valence electrons. The predicted molar refractivity (Wildman–Crippen MR) is 127 cm³/mol. The van der Waals surface area contributed by atoms with E-state index in [0.29, 0.717) is 0 Å². The Morgan fingerprint density at radius 3 is 1.32 bits per heavy atom. The van der Waals surface area contributed by atoms with Gasteiger partial charge in [-0.2, -0.15) is 0 Å². The lowest BCUT2D eigenvalue weighted by Gasteiger charge is -2.35. The van der Waals surface area contributed by atoms with Crippen LogP contribution in [-0.4, -0.2) is 30.7 Å². The summed E-state index contributed by atoms with van der Waals surface area (Å²) < 4.78 is 1.33. The number of nitrogens with zero attached hydrogens (tertiary/aromatic N) is 1. The van der Waals surface area contributed by atoms with Crippen molar-refractivity contribution in [1.82, 2.24) is 0 Å². The highest BCUT2D eigenvalue weighted by Crippen LogP contribution is 2.15. The summed E-state index contributed by atoms with van der Waals surface area (Å²) in [6, 6.07) is 10.9. The number of rotatable bonds is 19. The molecule has 1 rings (SSSR count). The van der Waals surface area contributed by atoms with Crippen molar-refractivity contribution in [2.75, 3.05) is 26.2 Å². The third-order valence-corrected chi connectivity index (χ3v) is 6.95. The van der Waals surface area contributed by atoms with Gasteiger partial charge in [0.15, 0.2) is 0 Å². The van der Waals surface area contributed by atoms with E-state index >= 15 is 0 Å². The Kier molecular flexibility index (Phi) is 15.4. The molecule has 0 amide bonds. The fraction of sp³-hybridized carbons (Fsp3) is 0.778. The summed E-state index contributed by atoms with van der Waals surface area (Å²) in [5.74, 6) is 0. The quantitative estimate of drug-likeness (QED) is 0.165. The van der Waals surface area contributed by atoms with Crippen LogP contribution >= 0.6 is 0 Å². The van der Waals surface area contributed by atoms with Gasteiger partial charge in [0.25, 0.3) is 0 Å². The lowest BCUT2D eigenvalue weighted by Crippen LogP contribution is -2.48. The molecule has 0 saturated carbocycles. The van der Waals surface area contributed by atoms with Crippen molar-refractivity contribution in [3.05, 3.63) is 35.9 Å². The van der Waals surface area contributed by atoms with E-state index in [1.54, 1.807) is 0 Å². The molecular formula is C27H50N+. The molecule has 0 aliphatic carbocycles. The SMILES string of the molecule is CC[N+](CC)(CC)CCCCCCCCCCCCCCCc1ccccc1. The van der Waals surface area contributed by atoms with Crippen molar-refractivity contribution in [2.45, 2.75) is 111 Å². The Balaban J connectivity index is 1.79. The first-order chi connectivity index (χ1) is 13.8. The van der Waals surface area contributed by atoms with Crippen LogP contribution in [0.4, 0.5) is 0 Å². The van der Waals surface area contributed by atoms with Crippen LogP contribution in [-0.2, 0) is 6.42 Å². The van der Waals surface area contributed by atoms with E-state index in [-0.39, 0.29) is 0 Å². The molecule has 0 bridgehead atoms. The maximum absolute atomic E-state index is 2.36. The van der Waals surface area contributed by atoms with Gasteiger partial charge in [-0.25, -0.2) is 0 Å². The molecule has 0 saturated heterocycles. The van der Waals surface area contributed by atoms with Crippen molar-refractivity contribution < 1.29 is 4.48 Å². The number of benzene rings is 1. The Bertz CT molecular complexity index is 427. The first kappa shape index (κ1) is 25.2. The minimum absolute atomic E-state index is 1.26. The number of unbranched alkanes of at least 4 members (excludes halogenated alkanes) is 12. The molecule has 0 aliphatic heterocycles. The summed E-state index contributed by atoms with van der Waals surface area (Å²) in [7, 11) is 0. The van der Waals surface area contributed by atoms with Crippen LogP contribution in [0.5, 0.6) is 0 Å². The average molecular weight is 389 g/mol. The van der Waals surface area contributed by atoms with Crippen molar-refractivity contribution in [3.8, 4) is 0 Å². The van der Waals surface area contributed by atoms with Gasteiger partial charge in [-0.05, 0) is 52.0 Å². The van der Waals surface area contributed by atoms with Crippen LogP contribution in [0.2, 0.25) is 0 Å². The first-order valence-electron chi connectivity index (χ1n) is 12.7. The lowest BCUT2D eigenvalue weighted by atomic mass is 10.0. The van der Waals surface area contributed by atoms with Crippen LogP contribution in [0.1, 0.15) is 110 Å². The molecule has 1 aromatic rings. The summed E-state index contributed by atoms with van der Waals surface area (Å²) in [5, 5.41) is 0. The second-order valence-corrected chi connectivity index (χ2v) is 8.85. The van der Waals surface area contributed by atoms with Crippen molar-refractivity contribution in [3.63, 3.8) is 0 Å². The molecule has 0 unspecified atom stereocenters. The number of hydrogen-bond donors (Lipinski definition) is 0. The van der Waals surface area contributed by atoms with Gasteiger partial charge in [0.05, 0.1) is 26.2 Å². The zero-order valence-corrected chi connectivity index (χ0v) is 19.6. The van der Waals surface area contributed by atoms with Crippen molar-refractivity contribution >= 4 is 0 Å². The molecule has 0 atom stereocenters. The van der Waals surface area contributed by atoms with Gasteiger partial charge in [-0.15, -0.1) is 0 Å². The van der Waals surface area contributed by atoms with E-state index in [1.807, 2.05) is 0 Å². The van der Waals surface area contributed by atoms with Crippen LogP contribution in [0.15, 0.2) is 30.3 Å². The summed E-state index contributed by atoms with van der Waals surface area (Å²) in [4.78, 5) is 0. The van der Waals surface area contributed by atoms with E-state index in [0.717, 1.165) is 0 Å². The fourth-order valence-corrected chi connectivity index (χ4v) is 4.51. The predicted octanol–water partition coefficient (Wildman–Crippen LogP) is 8.18. The van der Waals surface area contributed by atoms with Gasteiger partial charge < -0.3 is 4.48 Å². The van der Waals surface area contributed by atoms with Gasteiger partial charge in [0.2, 0.25) is 0 Å². The zero-order chi connectivity index (χ0) is 20.3. The Labute approximate surface area is 177 Å². The standard InChI is InChI=1S/C27H50N/c1-4-28(5-2,6-3)26-22-17-15-13-11-9-7-8-10-12-14-16-19-23-27-24-20-18-21-25-27/h18,20-21,24-25H,4-17,19,22-23,26H2,1-3H3/q+1. The molecule has 1 aromatic carbocycles. The summed E-state index contributed by atoms with van der Waals surface area (Å²) in [6.45, 7) is 12.4. The fourth-order valence-electron chi connectivity index (χ4n) is 4.51. The number of quaternary nitrogens is 1. The molecule has 0 fully saturated rings. The highest BCUT2D eigenvalue weighted by molar-refractivity contribution is 5.14. The van der Waals surface area contributed by atoms with E-state index < -0.39 is 0 Å². The van der Waals surface area contributed by atoms with Gasteiger partial charge in [0.1, 0.15) is 0 Å². The second-order valence-electron chi connectivity index (χ2n) is 8.85. The van der Waals surface area contributed by atoms with Gasteiger partial charge in [-0.3, -0.25) is 0 Å². The highest BCUT2D eigenvalue weighted by Gasteiger charge is 2.19. The normalized spacial score (nSPS) is 11.8. The van der Waals surface area contributed by atoms with Gasteiger partial charge in [-0.1, -0.05) is 94.5 Å². The molecular weight excluding hydrogens is 338 g/mol. The first-order valence-corrected chi connectivity index (χ1v) is 12.7. The maximum Gasteiger partial charge on any atom is 0.0786 e. The average Bonchev–Trinajstić information content (AvgIpc) is 2.75. The third-order valence-electron chi connectivity index (χ3n) is 6.95. The Hall–Kier alpha value is -0.820. The van der Waals surface area contributed by atoms with E-state index in [1.165, 1.54) is 126 Å². The third kappa shape index (κ3) is 11.9. The van der Waals surface area contributed by atoms with Gasteiger partial charge in [0, 0.05) is 0 Å². The Morgan fingerprint density at radius 1 is 0.500 bits per heavy atom. The minimum atomic E-state index is 1.26. The van der Waals surface area contributed by atoms with Crippen LogP contribution in [0.25, 0.3) is 0 Å². The van der Waals surface area contributed by atoms with E-state index in [2.05, 4.69) is 51.1 Å². The smallest absolute Gasteiger partial charge is 0.0786 e. The van der Waals surface area contributed by atoms with Crippen LogP contribution in [0, 0.1) is 0 Å². The molecule has 0 heterocycles. The molecule has 0 N–H and O–H groups in total. The number of aryl methyl sites for hydroxylation is 1. The minimum Gasteiger partial charge on any atom is -0.324 e. The van der Waals surface area contributed by atoms with Gasteiger partial charge >= 0.3 is 0 Å². The second kappa shape index (κ2) is 17.1. The van der Waals surface area contributed by atoms with E-state index in [4.69, 9.17) is 0 Å². The topological polar surface area (TPSA) is 0 Å². The summed E-state index contributed by atoms with van der Waals surface area (Å²) >= 11 is 0. The lowest BCUT2D eigenvalue weighted by molar-refractivity contribution is -0.923. The summed E-state index contributed by atoms with van der Waals surface area (Å²) in [6.07, 6.45) is 20.0. The largest absolute Gasteiger partial charge is 0.324 e. The molecule has 28 heavy (non-hydrogen) atoms. The zero-order valence-electron chi connectivity index (χ0n) is 19.6. The highest BCUT2D eigenvalue weighted by atomic mass is 15.3. The maximum atomic E-state index is 2.36. The molecule has 1 nitrogen and oxygen atoms in total. The monoisotopic (exact) mass is 388 g/mol. The summed E-state index contributed by atoms with van der Waals surface area (Å²) in [5.41, 5.74) is 1.50. The van der Waals surface area contributed by atoms with Crippen molar-refractivity contribution in [1.29, 1.82) is 0 Å². The van der Waals surface area contributed by atoms with Crippen LogP contribution in [0.3, 0.4) is 0 Å². The van der Waals surface area contributed by atoms with E-state index in [9.17, 15) is 0 Å². The Morgan fingerprint density at radius 2 is 0.893 bits per heavy atom. The molecule has 0 aromatic heterocycles.